The normalized spacial score (nSPS) is 10.4. The number of carbonyl (C=O) groups excluding carboxylic acids is 1. The summed E-state index contributed by atoms with van der Waals surface area (Å²) in [4.78, 5) is 28.0. The minimum Gasteiger partial charge on any atom is -0.497 e. The van der Waals surface area contributed by atoms with Crippen molar-refractivity contribution in [1.82, 2.24) is 4.98 Å². The molecule has 0 unspecified atom stereocenters. The van der Waals surface area contributed by atoms with Gasteiger partial charge in [-0.2, -0.15) is 0 Å². The molecule has 22 heavy (non-hydrogen) atoms. The van der Waals surface area contributed by atoms with Crippen LogP contribution in [0.25, 0.3) is 11.0 Å². The molecule has 0 aliphatic rings. The van der Waals surface area contributed by atoms with Crippen LogP contribution in [0.5, 0.6) is 5.75 Å². The van der Waals surface area contributed by atoms with Crippen LogP contribution in [0.1, 0.15) is 10.4 Å². The lowest BCUT2D eigenvalue weighted by atomic mass is 10.1. The summed E-state index contributed by atoms with van der Waals surface area (Å²) in [6, 6.07) is 9.81. The van der Waals surface area contributed by atoms with Gasteiger partial charge in [0.2, 0.25) is 0 Å². The van der Waals surface area contributed by atoms with Crippen LogP contribution >= 0.6 is 0 Å². The second-order valence-corrected chi connectivity index (χ2v) is 4.54. The average Bonchev–Trinajstić information content (AvgIpc) is 2.54. The zero-order chi connectivity index (χ0) is 15.5. The van der Waals surface area contributed by atoms with E-state index in [-0.39, 0.29) is 5.56 Å². The summed E-state index contributed by atoms with van der Waals surface area (Å²) < 4.78 is 10.3. The Balaban J connectivity index is 1.98. The van der Waals surface area contributed by atoms with Crippen LogP contribution in [0.3, 0.4) is 0 Å². The van der Waals surface area contributed by atoms with Gasteiger partial charge in [-0.1, -0.05) is 0 Å². The van der Waals surface area contributed by atoms with Crippen molar-refractivity contribution in [2.24, 2.45) is 0 Å². The van der Waals surface area contributed by atoms with Crippen LogP contribution in [0.15, 0.2) is 58.0 Å². The van der Waals surface area contributed by atoms with Gasteiger partial charge in [-0.05, 0) is 30.3 Å². The van der Waals surface area contributed by atoms with Gasteiger partial charge in [0.05, 0.1) is 7.11 Å². The summed E-state index contributed by atoms with van der Waals surface area (Å²) in [6.07, 6.45) is 3.09. The maximum atomic E-state index is 12.2. The smallest absolute Gasteiger partial charge is 0.349 e. The van der Waals surface area contributed by atoms with Crippen molar-refractivity contribution in [3.8, 4) is 5.75 Å². The highest BCUT2D eigenvalue weighted by Crippen LogP contribution is 2.20. The molecule has 0 spiro atoms. The highest BCUT2D eigenvalue weighted by Gasteiger charge is 2.14. The Labute approximate surface area is 125 Å². The van der Waals surface area contributed by atoms with E-state index in [1.165, 1.54) is 13.2 Å². The van der Waals surface area contributed by atoms with E-state index < -0.39 is 11.5 Å². The minimum absolute atomic E-state index is 0.0607. The fourth-order valence-electron chi connectivity index (χ4n) is 2.01. The van der Waals surface area contributed by atoms with Gasteiger partial charge in [0.1, 0.15) is 16.9 Å². The van der Waals surface area contributed by atoms with Crippen molar-refractivity contribution >= 4 is 22.6 Å². The molecule has 6 heteroatoms. The van der Waals surface area contributed by atoms with Gasteiger partial charge < -0.3 is 14.5 Å². The average molecular weight is 296 g/mol. The Hall–Kier alpha value is -3.15. The monoisotopic (exact) mass is 296 g/mol. The van der Waals surface area contributed by atoms with Crippen LogP contribution in [0.4, 0.5) is 5.69 Å². The van der Waals surface area contributed by atoms with Gasteiger partial charge in [-0.3, -0.25) is 9.78 Å². The summed E-state index contributed by atoms with van der Waals surface area (Å²) in [5.74, 6) is 0.0438. The van der Waals surface area contributed by atoms with E-state index in [0.29, 0.717) is 22.4 Å². The van der Waals surface area contributed by atoms with Crippen LogP contribution in [0.2, 0.25) is 0 Å². The highest BCUT2D eigenvalue weighted by molar-refractivity contribution is 6.05. The number of methoxy groups -OCH3 is 1. The van der Waals surface area contributed by atoms with Gasteiger partial charge in [-0.25, -0.2) is 4.79 Å². The number of hydrogen-bond acceptors (Lipinski definition) is 5. The molecule has 110 valence electrons. The van der Waals surface area contributed by atoms with Crippen LogP contribution in [-0.4, -0.2) is 18.0 Å². The van der Waals surface area contributed by atoms with Crippen molar-refractivity contribution in [2.45, 2.75) is 0 Å². The molecular formula is C16H12N2O4. The number of fused-ring (bicyclic) bond motifs is 1. The summed E-state index contributed by atoms with van der Waals surface area (Å²) in [6.45, 7) is 0. The van der Waals surface area contributed by atoms with Crippen LogP contribution in [0, 0.1) is 0 Å². The summed E-state index contributed by atoms with van der Waals surface area (Å²) >= 11 is 0. The second kappa shape index (κ2) is 5.69. The number of pyridine rings is 1. The Morgan fingerprint density at radius 1 is 1.18 bits per heavy atom. The lowest BCUT2D eigenvalue weighted by molar-refractivity contribution is 0.102. The number of nitrogens with zero attached hydrogens (tertiary/aromatic N) is 1. The number of nitrogens with one attached hydrogen (secondary N) is 1. The zero-order valence-corrected chi connectivity index (χ0v) is 11.7. The van der Waals surface area contributed by atoms with Crippen molar-refractivity contribution in [1.29, 1.82) is 0 Å². The van der Waals surface area contributed by atoms with Gasteiger partial charge in [0.25, 0.3) is 5.91 Å². The first-order chi connectivity index (χ1) is 10.7. The fraction of sp³-hybridized carbons (Fsp3) is 0.0625. The predicted molar refractivity (Wildman–Crippen MR) is 81.2 cm³/mol. The van der Waals surface area contributed by atoms with Crippen LogP contribution in [-0.2, 0) is 0 Å². The number of anilines is 1. The second-order valence-electron chi connectivity index (χ2n) is 4.54. The molecule has 3 aromatic rings. The first-order valence-electron chi connectivity index (χ1n) is 6.50. The van der Waals surface area contributed by atoms with Crippen molar-refractivity contribution in [3.05, 3.63) is 64.8 Å². The number of benzene rings is 1. The minimum atomic E-state index is -0.702. The molecule has 0 saturated carbocycles. The van der Waals surface area contributed by atoms with Crippen molar-refractivity contribution < 1.29 is 13.9 Å². The molecular weight excluding hydrogens is 284 g/mol. The third-order valence-corrected chi connectivity index (χ3v) is 3.13. The standard InChI is InChI=1S/C16H12N2O4/c1-21-12-3-2-10-8-13(16(20)22-14(10)9-12)15(19)18-11-4-6-17-7-5-11/h2-9H,1H3,(H,17,18,19). The SMILES string of the molecule is COc1ccc2cc(C(=O)Nc3ccncc3)c(=O)oc2c1. The third-order valence-electron chi connectivity index (χ3n) is 3.13. The topological polar surface area (TPSA) is 81.4 Å². The van der Waals surface area contributed by atoms with E-state index in [1.54, 1.807) is 42.7 Å². The number of amides is 1. The molecule has 1 N–H and O–H groups in total. The number of aromatic nitrogens is 1. The van der Waals surface area contributed by atoms with E-state index in [2.05, 4.69) is 10.3 Å². The lowest BCUT2D eigenvalue weighted by Gasteiger charge is -2.05. The molecule has 0 aliphatic carbocycles. The van der Waals surface area contributed by atoms with Gasteiger partial charge in [-0.15, -0.1) is 0 Å². The van der Waals surface area contributed by atoms with Crippen LogP contribution < -0.4 is 15.7 Å². The number of rotatable bonds is 3. The van der Waals surface area contributed by atoms with E-state index in [0.717, 1.165) is 0 Å². The maximum absolute atomic E-state index is 12.2. The Morgan fingerprint density at radius 3 is 2.68 bits per heavy atom. The fourth-order valence-corrected chi connectivity index (χ4v) is 2.01. The third kappa shape index (κ3) is 2.67. The quantitative estimate of drug-likeness (QED) is 0.751. The predicted octanol–water partition coefficient (Wildman–Crippen LogP) is 2.45. The molecule has 1 amide bonds. The van der Waals surface area contributed by atoms with E-state index in [1.807, 2.05) is 0 Å². The molecule has 2 heterocycles. The van der Waals surface area contributed by atoms with Gasteiger partial charge in [0, 0.05) is 29.5 Å². The Kier molecular flexibility index (Phi) is 3.57. The summed E-state index contributed by atoms with van der Waals surface area (Å²) in [5.41, 5.74) is 0.154. The van der Waals surface area contributed by atoms with E-state index >= 15 is 0 Å². The molecule has 2 aromatic heterocycles. The Bertz CT molecular complexity index is 888. The molecule has 0 aliphatic heterocycles. The maximum Gasteiger partial charge on any atom is 0.349 e. The molecule has 1 aromatic carbocycles. The summed E-state index contributed by atoms with van der Waals surface area (Å²) in [5, 5.41) is 3.26. The molecule has 0 radical (unpaired) electrons. The molecule has 0 atom stereocenters. The number of ether oxygens (including phenoxy) is 1. The largest absolute Gasteiger partial charge is 0.497 e. The molecule has 6 nitrogen and oxygen atoms in total. The summed E-state index contributed by atoms with van der Waals surface area (Å²) in [7, 11) is 1.52. The molecule has 3 rings (SSSR count). The van der Waals surface area contributed by atoms with Gasteiger partial charge >= 0.3 is 5.63 Å². The highest BCUT2D eigenvalue weighted by atomic mass is 16.5. The molecule has 0 fully saturated rings. The number of hydrogen-bond donors (Lipinski definition) is 1. The lowest BCUT2D eigenvalue weighted by Crippen LogP contribution is -2.20. The first kappa shape index (κ1) is 13.8. The Morgan fingerprint density at radius 2 is 1.95 bits per heavy atom. The van der Waals surface area contributed by atoms with Gasteiger partial charge in [0.15, 0.2) is 0 Å². The molecule has 0 saturated heterocycles. The van der Waals surface area contributed by atoms with Crippen molar-refractivity contribution in [3.63, 3.8) is 0 Å². The van der Waals surface area contributed by atoms with Crippen molar-refractivity contribution in [2.75, 3.05) is 12.4 Å². The van der Waals surface area contributed by atoms with E-state index in [4.69, 9.17) is 9.15 Å². The zero-order valence-electron chi connectivity index (χ0n) is 11.7. The first-order valence-corrected chi connectivity index (χ1v) is 6.50. The molecule has 0 bridgehead atoms. The van der Waals surface area contributed by atoms with E-state index in [9.17, 15) is 9.59 Å². The number of carbonyl (C=O) groups is 1.